The van der Waals surface area contributed by atoms with Crippen molar-refractivity contribution in [3.63, 3.8) is 0 Å². The number of thioether (sulfide) groups is 1. The van der Waals surface area contributed by atoms with Crippen LogP contribution >= 0.6 is 27.7 Å². The summed E-state index contributed by atoms with van der Waals surface area (Å²) in [7, 11) is 0. The molecule has 17 heavy (non-hydrogen) atoms. The number of carbonyl (C=O) groups is 1. The monoisotopic (exact) mass is 314 g/mol. The largest absolute Gasteiger partial charge is 0.348 e. The zero-order valence-corrected chi connectivity index (χ0v) is 12.0. The fourth-order valence-electron chi connectivity index (χ4n) is 1.71. The molecule has 0 aromatic heterocycles. The zero-order valence-electron chi connectivity index (χ0n) is 9.57. The van der Waals surface area contributed by atoms with Gasteiger partial charge in [0, 0.05) is 16.1 Å². The van der Waals surface area contributed by atoms with Gasteiger partial charge in [-0.05, 0) is 24.6 Å². The van der Waals surface area contributed by atoms with Crippen LogP contribution in [0.4, 0.5) is 0 Å². The zero-order chi connectivity index (χ0) is 12.3. The number of rotatable bonds is 3. The van der Waals surface area contributed by atoms with Crippen LogP contribution in [0, 0.1) is 0 Å². The number of benzene rings is 1. The van der Waals surface area contributed by atoms with Gasteiger partial charge in [-0.1, -0.05) is 28.1 Å². The summed E-state index contributed by atoms with van der Waals surface area (Å²) in [5, 5.41) is 6.19. The van der Waals surface area contributed by atoms with E-state index in [4.69, 9.17) is 0 Å². The van der Waals surface area contributed by atoms with E-state index in [9.17, 15) is 4.79 Å². The molecule has 1 unspecified atom stereocenters. The first-order valence-electron chi connectivity index (χ1n) is 5.54. The van der Waals surface area contributed by atoms with E-state index >= 15 is 0 Å². The van der Waals surface area contributed by atoms with Crippen molar-refractivity contribution in [1.29, 1.82) is 0 Å². The molecule has 2 atom stereocenters. The van der Waals surface area contributed by atoms with Crippen LogP contribution in [-0.2, 0) is 4.79 Å². The molecule has 1 fully saturated rings. The van der Waals surface area contributed by atoms with Gasteiger partial charge in [0.1, 0.15) is 0 Å². The van der Waals surface area contributed by atoms with Crippen LogP contribution in [0.2, 0.25) is 0 Å². The summed E-state index contributed by atoms with van der Waals surface area (Å²) in [4.78, 5) is 11.9. The Morgan fingerprint density at radius 3 is 2.82 bits per heavy atom. The SMILES string of the molecule is C[C@H](NC(=O)C1CSCN1)c1ccc(Br)cc1. The highest BCUT2D eigenvalue weighted by molar-refractivity contribution is 9.10. The van der Waals surface area contributed by atoms with Gasteiger partial charge in [-0.25, -0.2) is 0 Å². The predicted molar refractivity (Wildman–Crippen MR) is 74.9 cm³/mol. The molecule has 1 amide bonds. The molecule has 2 N–H and O–H groups in total. The molecular weight excluding hydrogens is 300 g/mol. The molecule has 0 bridgehead atoms. The Bertz CT molecular complexity index is 390. The topological polar surface area (TPSA) is 41.1 Å². The average Bonchev–Trinajstić information content (AvgIpc) is 2.83. The number of hydrogen-bond acceptors (Lipinski definition) is 3. The molecule has 1 aromatic carbocycles. The Hall–Kier alpha value is -0.520. The minimum absolute atomic E-state index is 0.0436. The van der Waals surface area contributed by atoms with Crippen molar-refractivity contribution in [2.24, 2.45) is 0 Å². The standard InChI is InChI=1S/C12H15BrN2OS/c1-8(9-2-4-10(13)5-3-9)15-12(16)11-6-17-7-14-11/h2-5,8,11,14H,6-7H2,1H3,(H,15,16)/t8-,11?/m0/s1. The molecule has 2 rings (SSSR count). The summed E-state index contributed by atoms with van der Waals surface area (Å²) in [6, 6.07) is 8.02. The van der Waals surface area contributed by atoms with E-state index in [-0.39, 0.29) is 18.0 Å². The number of hydrogen-bond donors (Lipinski definition) is 2. The molecule has 0 radical (unpaired) electrons. The summed E-state index contributed by atoms with van der Waals surface area (Å²) >= 11 is 5.16. The van der Waals surface area contributed by atoms with Crippen LogP contribution in [0.5, 0.6) is 0 Å². The van der Waals surface area contributed by atoms with Gasteiger partial charge in [-0.3, -0.25) is 10.1 Å². The summed E-state index contributed by atoms with van der Waals surface area (Å²) < 4.78 is 1.05. The maximum atomic E-state index is 11.9. The van der Waals surface area contributed by atoms with Crippen LogP contribution in [0.15, 0.2) is 28.7 Å². The minimum atomic E-state index is -0.0436. The lowest BCUT2D eigenvalue weighted by Gasteiger charge is -2.17. The van der Waals surface area contributed by atoms with Crippen molar-refractivity contribution < 1.29 is 4.79 Å². The van der Waals surface area contributed by atoms with Gasteiger partial charge in [0.05, 0.1) is 12.1 Å². The van der Waals surface area contributed by atoms with Crippen molar-refractivity contribution >= 4 is 33.6 Å². The van der Waals surface area contributed by atoms with E-state index in [1.165, 1.54) is 0 Å². The quantitative estimate of drug-likeness (QED) is 0.899. The van der Waals surface area contributed by atoms with Crippen molar-refractivity contribution in [3.05, 3.63) is 34.3 Å². The Morgan fingerprint density at radius 1 is 1.53 bits per heavy atom. The third-order valence-electron chi connectivity index (χ3n) is 2.76. The van der Waals surface area contributed by atoms with Crippen molar-refractivity contribution in [2.45, 2.75) is 19.0 Å². The summed E-state index contributed by atoms with van der Waals surface area (Å²) in [5.41, 5.74) is 1.12. The second kappa shape index (κ2) is 5.89. The van der Waals surface area contributed by atoms with E-state index in [1.54, 1.807) is 11.8 Å². The first-order chi connectivity index (χ1) is 8.16. The average molecular weight is 315 g/mol. The minimum Gasteiger partial charge on any atom is -0.348 e. The second-order valence-corrected chi connectivity index (χ2v) is 6.00. The molecule has 1 aliphatic heterocycles. The van der Waals surface area contributed by atoms with Gasteiger partial charge in [-0.2, -0.15) is 0 Å². The second-order valence-electron chi connectivity index (χ2n) is 4.05. The molecule has 3 nitrogen and oxygen atoms in total. The molecule has 1 saturated heterocycles. The third kappa shape index (κ3) is 3.47. The Morgan fingerprint density at radius 2 is 2.24 bits per heavy atom. The fourth-order valence-corrected chi connectivity index (χ4v) is 2.92. The highest BCUT2D eigenvalue weighted by Crippen LogP contribution is 2.17. The predicted octanol–water partition coefficient (Wildman–Crippen LogP) is 2.29. The van der Waals surface area contributed by atoms with Gasteiger partial charge >= 0.3 is 0 Å². The van der Waals surface area contributed by atoms with Gasteiger partial charge < -0.3 is 5.32 Å². The lowest BCUT2D eigenvalue weighted by atomic mass is 10.1. The van der Waals surface area contributed by atoms with Crippen LogP contribution in [0.25, 0.3) is 0 Å². The van der Waals surface area contributed by atoms with E-state index < -0.39 is 0 Å². The molecule has 1 aliphatic rings. The van der Waals surface area contributed by atoms with E-state index in [2.05, 4.69) is 26.6 Å². The van der Waals surface area contributed by atoms with Gasteiger partial charge in [0.2, 0.25) is 5.91 Å². The van der Waals surface area contributed by atoms with E-state index in [0.29, 0.717) is 0 Å². The first-order valence-corrected chi connectivity index (χ1v) is 7.48. The lowest BCUT2D eigenvalue weighted by molar-refractivity contribution is -0.123. The highest BCUT2D eigenvalue weighted by Gasteiger charge is 2.23. The Labute approximate surface area is 114 Å². The number of nitrogens with one attached hydrogen (secondary N) is 2. The third-order valence-corrected chi connectivity index (χ3v) is 4.23. The molecule has 0 saturated carbocycles. The molecule has 1 aromatic rings. The van der Waals surface area contributed by atoms with Crippen LogP contribution in [0.1, 0.15) is 18.5 Å². The maximum Gasteiger partial charge on any atom is 0.238 e. The summed E-state index contributed by atoms with van der Waals surface area (Å²) in [6.07, 6.45) is 0. The van der Waals surface area contributed by atoms with E-state index in [0.717, 1.165) is 21.7 Å². The Balaban J connectivity index is 1.93. The van der Waals surface area contributed by atoms with Crippen molar-refractivity contribution in [1.82, 2.24) is 10.6 Å². The van der Waals surface area contributed by atoms with Gasteiger partial charge in [-0.15, -0.1) is 11.8 Å². The van der Waals surface area contributed by atoms with Crippen LogP contribution < -0.4 is 10.6 Å². The molecule has 5 heteroatoms. The van der Waals surface area contributed by atoms with Crippen molar-refractivity contribution in [2.75, 3.05) is 11.6 Å². The van der Waals surface area contributed by atoms with Gasteiger partial charge in [0.15, 0.2) is 0 Å². The normalized spacial score (nSPS) is 21.2. The number of halogens is 1. The van der Waals surface area contributed by atoms with E-state index in [1.807, 2.05) is 31.2 Å². The summed E-state index contributed by atoms with van der Waals surface area (Å²) in [5.74, 6) is 1.81. The first kappa shape index (κ1) is 12.9. The molecule has 92 valence electrons. The number of amides is 1. The smallest absolute Gasteiger partial charge is 0.238 e. The lowest BCUT2D eigenvalue weighted by Crippen LogP contribution is -2.42. The van der Waals surface area contributed by atoms with Gasteiger partial charge in [0.25, 0.3) is 0 Å². The number of carbonyl (C=O) groups excluding carboxylic acids is 1. The van der Waals surface area contributed by atoms with Crippen molar-refractivity contribution in [3.8, 4) is 0 Å². The molecule has 1 heterocycles. The maximum absolute atomic E-state index is 11.9. The van der Waals surface area contributed by atoms with Crippen LogP contribution in [0.3, 0.4) is 0 Å². The molecule has 0 spiro atoms. The summed E-state index contributed by atoms with van der Waals surface area (Å²) in [6.45, 7) is 2.00. The Kier molecular flexibility index (Phi) is 4.48. The van der Waals surface area contributed by atoms with Crippen LogP contribution in [-0.4, -0.2) is 23.6 Å². The molecule has 0 aliphatic carbocycles. The fraction of sp³-hybridized carbons (Fsp3) is 0.417. The molecular formula is C12H15BrN2OS. The highest BCUT2D eigenvalue weighted by atomic mass is 79.9.